The number of hydrogen-bond donors (Lipinski definition) is 0. The first-order valence-corrected chi connectivity index (χ1v) is 6.49. The van der Waals surface area contributed by atoms with Crippen molar-refractivity contribution in [3.63, 3.8) is 0 Å². The highest BCUT2D eigenvalue weighted by Crippen LogP contribution is 2.23. The first kappa shape index (κ1) is 11.8. The van der Waals surface area contributed by atoms with E-state index in [2.05, 4.69) is 10.3 Å². The number of rotatable bonds is 2. The van der Waals surface area contributed by atoms with Crippen LogP contribution in [-0.4, -0.2) is 31.7 Å². The minimum absolute atomic E-state index is 0.0624. The third-order valence-corrected chi connectivity index (χ3v) is 3.57. The van der Waals surface area contributed by atoms with Crippen LogP contribution in [0.5, 0.6) is 0 Å². The molecule has 6 heteroatoms. The second-order valence-corrected chi connectivity index (χ2v) is 4.80. The topological polar surface area (TPSA) is 68.1 Å². The first-order chi connectivity index (χ1) is 10.3. The summed E-state index contributed by atoms with van der Waals surface area (Å²) in [5.74, 6) is -0.592. The summed E-state index contributed by atoms with van der Waals surface area (Å²) in [6, 6.07) is 14.2. The van der Waals surface area contributed by atoms with Crippen LogP contribution in [0, 0.1) is 0 Å². The van der Waals surface area contributed by atoms with Crippen LogP contribution in [0.4, 0.5) is 0 Å². The van der Waals surface area contributed by atoms with Crippen LogP contribution in [-0.2, 0) is 6.67 Å². The third-order valence-electron chi connectivity index (χ3n) is 3.57. The van der Waals surface area contributed by atoms with E-state index in [4.69, 9.17) is 0 Å². The molecule has 4 rings (SSSR count). The molecule has 1 aliphatic rings. The summed E-state index contributed by atoms with van der Waals surface area (Å²) < 4.78 is 1.55. The summed E-state index contributed by atoms with van der Waals surface area (Å²) in [4.78, 5) is 25.8. The van der Waals surface area contributed by atoms with Crippen molar-refractivity contribution < 1.29 is 9.59 Å². The fraction of sp³-hybridized carbons (Fsp3) is 0.0667. The maximum atomic E-state index is 12.3. The molecule has 0 atom stereocenters. The minimum atomic E-state index is -0.296. The maximum Gasteiger partial charge on any atom is 0.263 e. The van der Waals surface area contributed by atoms with E-state index in [1.165, 1.54) is 4.90 Å². The molecule has 6 nitrogen and oxygen atoms in total. The largest absolute Gasteiger partial charge is 0.269 e. The molecule has 0 spiro atoms. The molecule has 2 heterocycles. The van der Waals surface area contributed by atoms with Gasteiger partial charge in [-0.2, -0.15) is 0 Å². The second kappa shape index (κ2) is 4.24. The van der Waals surface area contributed by atoms with Crippen molar-refractivity contribution in [2.75, 3.05) is 0 Å². The van der Waals surface area contributed by atoms with Gasteiger partial charge in [0, 0.05) is 0 Å². The number of nitrogens with zero attached hydrogens (tertiary/aromatic N) is 4. The summed E-state index contributed by atoms with van der Waals surface area (Å²) in [6.07, 6.45) is 0. The van der Waals surface area contributed by atoms with Crippen molar-refractivity contribution in [2.45, 2.75) is 6.67 Å². The lowest BCUT2D eigenvalue weighted by atomic mass is 10.1. The van der Waals surface area contributed by atoms with Crippen LogP contribution >= 0.6 is 0 Å². The molecule has 0 saturated carbocycles. The second-order valence-electron chi connectivity index (χ2n) is 4.80. The van der Waals surface area contributed by atoms with E-state index in [1.54, 1.807) is 28.9 Å². The van der Waals surface area contributed by atoms with Gasteiger partial charge >= 0.3 is 0 Å². The maximum absolute atomic E-state index is 12.3. The third kappa shape index (κ3) is 1.66. The molecule has 0 N–H and O–H groups in total. The van der Waals surface area contributed by atoms with E-state index in [0.717, 1.165) is 11.0 Å². The van der Waals surface area contributed by atoms with E-state index in [9.17, 15) is 9.59 Å². The molecule has 3 aromatic rings. The highest BCUT2D eigenvalue weighted by atomic mass is 16.2. The molecule has 102 valence electrons. The number of benzene rings is 2. The number of imide groups is 1. The predicted molar refractivity (Wildman–Crippen MR) is 74.5 cm³/mol. The fourth-order valence-corrected chi connectivity index (χ4v) is 2.52. The molecular formula is C15H10N4O2. The lowest BCUT2D eigenvalue weighted by molar-refractivity contribution is 0.0599. The Morgan fingerprint density at radius 2 is 1.48 bits per heavy atom. The van der Waals surface area contributed by atoms with Crippen molar-refractivity contribution in [2.24, 2.45) is 0 Å². The van der Waals surface area contributed by atoms with Gasteiger partial charge < -0.3 is 0 Å². The van der Waals surface area contributed by atoms with Crippen LogP contribution in [0.25, 0.3) is 11.0 Å². The molecule has 0 saturated heterocycles. The van der Waals surface area contributed by atoms with Crippen LogP contribution < -0.4 is 0 Å². The Bertz CT molecular complexity index is 849. The Kier molecular flexibility index (Phi) is 2.38. The summed E-state index contributed by atoms with van der Waals surface area (Å²) in [6.45, 7) is 0.0624. The Morgan fingerprint density at radius 3 is 2.19 bits per heavy atom. The Labute approximate surface area is 119 Å². The van der Waals surface area contributed by atoms with Crippen LogP contribution in [0.1, 0.15) is 20.7 Å². The fourth-order valence-electron chi connectivity index (χ4n) is 2.52. The summed E-state index contributed by atoms with van der Waals surface area (Å²) in [5.41, 5.74) is 2.39. The predicted octanol–water partition coefficient (Wildman–Crippen LogP) is 1.68. The molecule has 1 aliphatic heterocycles. The SMILES string of the molecule is O=C1c2ccccc2C(=O)N1Cn1nnc2ccccc21. The standard InChI is InChI=1S/C15H10N4O2/c20-14-10-5-1-2-6-11(10)15(21)18(14)9-19-13-8-4-3-7-12(13)16-17-19/h1-8H,9H2. The summed E-state index contributed by atoms with van der Waals surface area (Å²) >= 11 is 0. The van der Waals surface area contributed by atoms with E-state index in [0.29, 0.717) is 11.1 Å². The number of fused-ring (bicyclic) bond motifs is 2. The number of amides is 2. The van der Waals surface area contributed by atoms with Crippen molar-refractivity contribution in [1.29, 1.82) is 0 Å². The van der Waals surface area contributed by atoms with Crippen LogP contribution in [0.15, 0.2) is 48.5 Å². The van der Waals surface area contributed by atoms with Gasteiger partial charge in [0.25, 0.3) is 11.8 Å². The average molecular weight is 278 g/mol. The molecule has 1 aromatic heterocycles. The monoisotopic (exact) mass is 278 g/mol. The van der Waals surface area contributed by atoms with Gasteiger partial charge in [-0.25, -0.2) is 4.68 Å². The van der Waals surface area contributed by atoms with Gasteiger partial charge in [-0.3, -0.25) is 14.5 Å². The van der Waals surface area contributed by atoms with Gasteiger partial charge in [0.2, 0.25) is 0 Å². The van der Waals surface area contributed by atoms with Gasteiger partial charge in [-0.1, -0.05) is 29.5 Å². The quantitative estimate of drug-likeness (QED) is 0.669. The smallest absolute Gasteiger partial charge is 0.263 e. The number of aromatic nitrogens is 3. The highest BCUT2D eigenvalue weighted by Gasteiger charge is 2.35. The molecule has 21 heavy (non-hydrogen) atoms. The lowest BCUT2D eigenvalue weighted by Gasteiger charge is -2.13. The van der Waals surface area contributed by atoms with Crippen molar-refractivity contribution in [3.05, 3.63) is 59.7 Å². The number of para-hydroxylation sites is 1. The first-order valence-electron chi connectivity index (χ1n) is 6.49. The Hall–Kier alpha value is -3.02. The molecule has 0 radical (unpaired) electrons. The molecule has 0 unspecified atom stereocenters. The van der Waals surface area contributed by atoms with Gasteiger partial charge in [0.1, 0.15) is 12.2 Å². The summed E-state index contributed by atoms with van der Waals surface area (Å²) in [7, 11) is 0. The van der Waals surface area contributed by atoms with Gasteiger partial charge in [-0.15, -0.1) is 5.10 Å². The molecular weight excluding hydrogens is 268 g/mol. The average Bonchev–Trinajstić information content (AvgIpc) is 3.04. The zero-order valence-corrected chi connectivity index (χ0v) is 10.9. The molecule has 0 bridgehead atoms. The normalized spacial score (nSPS) is 14.0. The van der Waals surface area contributed by atoms with Gasteiger partial charge in [0.05, 0.1) is 16.6 Å². The zero-order chi connectivity index (χ0) is 14.4. The van der Waals surface area contributed by atoms with Crippen LogP contribution in [0.2, 0.25) is 0 Å². The molecule has 2 amide bonds. The summed E-state index contributed by atoms with van der Waals surface area (Å²) in [5, 5.41) is 8.03. The lowest BCUT2D eigenvalue weighted by Crippen LogP contribution is -2.32. The van der Waals surface area contributed by atoms with E-state index in [-0.39, 0.29) is 18.5 Å². The van der Waals surface area contributed by atoms with E-state index < -0.39 is 0 Å². The van der Waals surface area contributed by atoms with Gasteiger partial charge in [-0.05, 0) is 24.3 Å². The van der Waals surface area contributed by atoms with E-state index >= 15 is 0 Å². The van der Waals surface area contributed by atoms with Crippen molar-refractivity contribution in [1.82, 2.24) is 19.9 Å². The van der Waals surface area contributed by atoms with Crippen molar-refractivity contribution >= 4 is 22.8 Å². The van der Waals surface area contributed by atoms with Crippen LogP contribution in [0.3, 0.4) is 0 Å². The number of hydrogen-bond acceptors (Lipinski definition) is 4. The number of carbonyl (C=O) groups excluding carboxylic acids is 2. The highest BCUT2D eigenvalue weighted by molar-refractivity contribution is 6.21. The Balaban J connectivity index is 1.73. The van der Waals surface area contributed by atoms with Gasteiger partial charge in [0.15, 0.2) is 0 Å². The van der Waals surface area contributed by atoms with E-state index in [1.807, 2.05) is 24.3 Å². The molecule has 0 aliphatic carbocycles. The minimum Gasteiger partial charge on any atom is -0.269 e. The number of carbonyl (C=O) groups is 2. The molecule has 2 aromatic carbocycles. The zero-order valence-electron chi connectivity index (χ0n) is 10.9. The van der Waals surface area contributed by atoms with Crippen molar-refractivity contribution in [3.8, 4) is 0 Å². The Morgan fingerprint density at radius 1 is 0.857 bits per heavy atom. The molecule has 0 fully saturated rings.